The van der Waals surface area contributed by atoms with Gasteiger partial charge in [0, 0.05) is 0 Å². The van der Waals surface area contributed by atoms with Crippen LogP contribution in [0, 0.1) is 0 Å². The molecule has 0 aromatic rings. The van der Waals surface area contributed by atoms with Crippen molar-refractivity contribution in [2.45, 2.75) is 75.8 Å². The summed E-state index contributed by atoms with van der Waals surface area (Å²) in [6.07, 6.45) is 13.8. The number of ether oxygens (including phenoxy) is 3. The Labute approximate surface area is 104 Å². The van der Waals surface area contributed by atoms with E-state index in [1.54, 1.807) is 0 Å². The van der Waals surface area contributed by atoms with Crippen LogP contribution >= 0.6 is 0 Å². The lowest BCUT2D eigenvalue weighted by Gasteiger charge is -2.00. The van der Waals surface area contributed by atoms with Gasteiger partial charge in [0.25, 0.3) is 0 Å². The third kappa shape index (κ3) is 4.23. The molecular weight excluding hydrogens is 216 g/mol. The SMILES string of the molecule is C1CCC2OC2C1.C1CCC2OC2C1.C1CO1. The molecule has 4 unspecified atom stereocenters. The molecule has 5 aliphatic rings. The van der Waals surface area contributed by atoms with E-state index in [-0.39, 0.29) is 0 Å². The van der Waals surface area contributed by atoms with E-state index in [4.69, 9.17) is 9.47 Å². The molecule has 0 aromatic carbocycles. The normalized spacial score (nSPS) is 43.8. The highest BCUT2D eigenvalue weighted by Crippen LogP contribution is 2.36. The van der Waals surface area contributed by atoms with Gasteiger partial charge in [-0.05, 0) is 25.7 Å². The topological polar surface area (TPSA) is 37.6 Å². The highest BCUT2D eigenvalue weighted by Gasteiger charge is 2.40. The fraction of sp³-hybridized carbons (Fsp3) is 1.00. The summed E-state index contributed by atoms with van der Waals surface area (Å²) >= 11 is 0. The van der Waals surface area contributed by atoms with Crippen LogP contribution in [0.15, 0.2) is 0 Å². The molecule has 0 spiro atoms. The minimum atomic E-state index is 0.703. The lowest BCUT2D eigenvalue weighted by molar-refractivity contribution is 0.372. The average Bonchev–Trinajstić information content (AvgIpc) is 3.29. The Kier molecular flexibility index (Phi) is 3.99. The van der Waals surface area contributed by atoms with Crippen LogP contribution in [0.2, 0.25) is 0 Å². The number of fused-ring (bicyclic) bond motifs is 2. The number of hydrogen-bond acceptors (Lipinski definition) is 3. The van der Waals surface area contributed by atoms with Gasteiger partial charge in [0.15, 0.2) is 0 Å². The van der Waals surface area contributed by atoms with Crippen molar-refractivity contribution < 1.29 is 14.2 Å². The third-order valence-corrected chi connectivity index (χ3v) is 4.03. The maximum Gasteiger partial charge on any atom is 0.0841 e. The van der Waals surface area contributed by atoms with E-state index in [1.165, 1.54) is 51.4 Å². The Balaban J connectivity index is 0.0000000862. The zero-order chi connectivity index (χ0) is 11.5. The number of epoxide rings is 3. The predicted octanol–water partition coefficient (Wildman–Crippen LogP) is 2.67. The first-order valence-electron chi connectivity index (χ1n) is 7.32. The van der Waals surface area contributed by atoms with Crippen LogP contribution in [0.5, 0.6) is 0 Å². The predicted molar refractivity (Wildman–Crippen MR) is 65.1 cm³/mol. The van der Waals surface area contributed by atoms with E-state index in [1.807, 2.05) is 0 Å². The molecule has 98 valence electrons. The standard InChI is InChI=1S/2C6H10O.C2H4O/c2*1-2-4-6-5(3-1)7-6;1-2-3-1/h2*5-6H,1-4H2;1-2H2. The lowest BCUT2D eigenvalue weighted by atomic mass is 10.0. The summed E-state index contributed by atoms with van der Waals surface area (Å²) in [4.78, 5) is 0. The summed E-state index contributed by atoms with van der Waals surface area (Å²) in [5.41, 5.74) is 0. The smallest absolute Gasteiger partial charge is 0.0841 e. The van der Waals surface area contributed by atoms with Gasteiger partial charge in [0.2, 0.25) is 0 Å². The maximum absolute atomic E-state index is 5.28. The van der Waals surface area contributed by atoms with Crippen molar-refractivity contribution in [3.63, 3.8) is 0 Å². The molecule has 0 aromatic heterocycles. The van der Waals surface area contributed by atoms with Crippen LogP contribution in [0.25, 0.3) is 0 Å². The molecule has 17 heavy (non-hydrogen) atoms. The third-order valence-electron chi connectivity index (χ3n) is 4.03. The van der Waals surface area contributed by atoms with E-state index in [2.05, 4.69) is 4.74 Å². The first kappa shape index (κ1) is 11.9. The van der Waals surface area contributed by atoms with Crippen molar-refractivity contribution in [3.05, 3.63) is 0 Å². The second-order valence-corrected chi connectivity index (χ2v) is 5.61. The summed E-state index contributed by atoms with van der Waals surface area (Å²) in [5, 5.41) is 0. The van der Waals surface area contributed by atoms with Gasteiger partial charge in [-0.2, -0.15) is 0 Å². The monoisotopic (exact) mass is 240 g/mol. The Morgan fingerprint density at radius 2 is 0.824 bits per heavy atom. The highest BCUT2D eigenvalue weighted by atomic mass is 16.6. The van der Waals surface area contributed by atoms with Crippen molar-refractivity contribution >= 4 is 0 Å². The van der Waals surface area contributed by atoms with Crippen LogP contribution in [-0.2, 0) is 14.2 Å². The molecule has 3 aliphatic heterocycles. The molecule has 4 atom stereocenters. The Bertz CT molecular complexity index is 197. The van der Waals surface area contributed by atoms with E-state index < -0.39 is 0 Å². The molecule has 0 radical (unpaired) electrons. The summed E-state index contributed by atoms with van der Waals surface area (Å²) in [6.45, 7) is 2.00. The van der Waals surface area contributed by atoms with Crippen LogP contribution in [0.4, 0.5) is 0 Å². The number of hydrogen-bond donors (Lipinski definition) is 0. The maximum atomic E-state index is 5.28. The van der Waals surface area contributed by atoms with Gasteiger partial charge in [-0.3, -0.25) is 0 Å². The zero-order valence-corrected chi connectivity index (χ0v) is 10.6. The molecule has 2 aliphatic carbocycles. The summed E-state index contributed by atoms with van der Waals surface area (Å²) in [5.74, 6) is 0. The summed E-state index contributed by atoms with van der Waals surface area (Å²) < 4.78 is 15.1. The van der Waals surface area contributed by atoms with Crippen molar-refractivity contribution in [3.8, 4) is 0 Å². The minimum Gasteiger partial charge on any atom is -0.377 e. The molecule has 3 nitrogen and oxygen atoms in total. The van der Waals surface area contributed by atoms with Crippen LogP contribution < -0.4 is 0 Å². The van der Waals surface area contributed by atoms with Crippen molar-refractivity contribution in [2.75, 3.05) is 13.2 Å². The number of rotatable bonds is 0. The lowest BCUT2D eigenvalue weighted by Crippen LogP contribution is -2.00. The van der Waals surface area contributed by atoms with Gasteiger partial charge < -0.3 is 14.2 Å². The van der Waals surface area contributed by atoms with Crippen molar-refractivity contribution in [1.29, 1.82) is 0 Å². The van der Waals surface area contributed by atoms with Crippen molar-refractivity contribution in [2.24, 2.45) is 0 Å². The van der Waals surface area contributed by atoms with Gasteiger partial charge in [0.05, 0.1) is 37.6 Å². The molecule has 5 fully saturated rings. The van der Waals surface area contributed by atoms with Crippen LogP contribution in [-0.4, -0.2) is 37.6 Å². The first-order chi connectivity index (χ1) is 8.43. The molecule has 3 heterocycles. The fourth-order valence-electron chi connectivity index (χ4n) is 2.76. The highest BCUT2D eigenvalue weighted by molar-refractivity contribution is 4.88. The molecule has 0 amide bonds. The molecule has 0 N–H and O–H groups in total. The van der Waals surface area contributed by atoms with Gasteiger partial charge in [0.1, 0.15) is 0 Å². The Morgan fingerprint density at radius 3 is 1.00 bits per heavy atom. The van der Waals surface area contributed by atoms with Crippen LogP contribution in [0.1, 0.15) is 51.4 Å². The second kappa shape index (κ2) is 5.68. The van der Waals surface area contributed by atoms with Gasteiger partial charge in [-0.15, -0.1) is 0 Å². The fourth-order valence-corrected chi connectivity index (χ4v) is 2.76. The molecule has 2 saturated carbocycles. The molecule has 5 rings (SSSR count). The Morgan fingerprint density at radius 1 is 0.529 bits per heavy atom. The first-order valence-corrected chi connectivity index (χ1v) is 7.32. The quantitative estimate of drug-likeness (QED) is 0.611. The van der Waals surface area contributed by atoms with E-state index in [0.717, 1.165) is 13.2 Å². The van der Waals surface area contributed by atoms with E-state index in [9.17, 15) is 0 Å². The minimum absolute atomic E-state index is 0.703. The van der Waals surface area contributed by atoms with Gasteiger partial charge in [-0.25, -0.2) is 0 Å². The summed E-state index contributed by atoms with van der Waals surface area (Å²) in [7, 11) is 0. The molecule has 3 saturated heterocycles. The summed E-state index contributed by atoms with van der Waals surface area (Å²) in [6, 6.07) is 0. The van der Waals surface area contributed by atoms with Gasteiger partial charge in [-0.1, -0.05) is 25.7 Å². The second-order valence-electron chi connectivity index (χ2n) is 5.61. The van der Waals surface area contributed by atoms with Gasteiger partial charge >= 0.3 is 0 Å². The molecule has 3 heteroatoms. The van der Waals surface area contributed by atoms with E-state index in [0.29, 0.717) is 24.4 Å². The van der Waals surface area contributed by atoms with Crippen LogP contribution in [0.3, 0.4) is 0 Å². The Hall–Kier alpha value is -0.120. The molecular formula is C14H24O3. The molecule has 0 bridgehead atoms. The van der Waals surface area contributed by atoms with Crippen molar-refractivity contribution in [1.82, 2.24) is 0 Å². The largest absolute Gasteiger partial charge is 0.377 e. The zero-order valence-electron chi connectivity index (χ0n) is 10.6. The average molecular weight is 240 g/mol. The van der Waals surface area contributed by atoms with E-state index >= 15 is 0 Å².